The fourth-order valence-electron chi connectivity index (χ4n) is 2.94. The highest BCUT2D eigenvalue weighted by atomic mass is 16.3. The minimum absolute atomic E-state index is 0.136. The lowest BCUT2D eigenvalue weighted by atomic mass is 9.89. The van der Waals surface area contributed by atoms with E-state index in [-0.39, 0.29) is 5.95 Å². The SMILES string of the molecule is N#Cc1c(NCC2CCCCC2)nc(N)nc1-c1ccco1. The summed E-state index contributed by atoms with van der Waals surface area (Å²) in [6.45, 7) is 0.808. The van der Waals surface area contributed by atoms with Crippen molar-refractivity contribution in [3.8, 4) is 17.5 Å². The van der Waals surface area contributed by atoms with E-state index in [1.807, 2.05) is 0 Å². The predicted octanol–water partition coefficient (Wildman–Crippen LogP) is 3.18. The number of rotatable bonds is 4. The third-order valence-corrected chi connectivity index (χ3v) is 4.08. The molecule has 2 aromatic heterocycles. The molecule has 6 nitrogen and oxygen atoms in total. The number of hydrogen-bond acceptors (Lipinski definition) is 6. The summed E-state index contributed by atoms with van der Waals surface area (Å²) in [5.41, 5.74) is 6.60. The summed E-state index contributed by atoms with van der Waals surface area (Å²) >= 11 is 0. The maximum Gasteiger partial charge on any atom is 0.222 e. The quantitative estimate of drug-likeness (QED) is 0.898. The molecule has 22 heavy (non-hydrogen) atoms. The maximum atomic E-state index is 9.47. The Bertz CT molecular complexity index is 669. The van der Waals surface area contributed by atoms with Crippen LogP contribution < -0.4 is 11.1 Å². The van der Waals surface area contributed by atoms with Gasteiger partial charge in [-0.15, -0.1) is 0 Å². The fraction of sp³-hybridized carbons (Fsp3) is 0.438. The van der Waals surface area contributed by atoms with E-state index in [4.69, 9.17) is 10.2 Å². The van der Waals surface area contributed by atoms with Crippen molar-refractivity contribution in [1.82, 2.24) is 9.97 Å². The van der Waals surface area contributed by atoms with Crippen LogP contribution in [0.2, 0.25) is 0 Å². The molecule has 0 amide bonds. The van der Waals surface area contributed by atoms with Crippen molar-refractivity contribution in [2.45, 2.75) is 32.1 Å². The van der Waals surface area contributed by atoms with Gasteiger partial charge in [-0.1, -0.05) is 19.3 Å². The number of furan rings is 1. The van der Waals surface area contributed by atoms with E-state index in [0.29, 0.717) is 28.8 Å². The number of anilines is 2. The van der Waals surface area contributed by atoms with Gasteiger partial charge in [0.05, 0.1) is 6.26 Å². The normalized spacial score (nSPS) is 15.4. The van der Waals surface area contributed by atoms with Crippen LogP contribution in [0.4, 0.5) is 11.8 Å². The highest BCUT2D eigenvalue weighted by molar-refractivity contribution is 5.71. The Morgan fingerprint density at radius 2 is 2.14 bits per heavy atom. The van der Waals surface area contributed by atoms with Crippen LogP contribution in [-0.4, -0.2) is 16.5 Å². The molecule has 0 bridgehead atoms. The second-order valence-corrected chi connectivity index (χ2v) is 5.63. The monoisotopic (exact) mass is 297 g/mol. The Morgan fingerprint density at radius 1 is 1.32 bits per heavy atom. The van der Waals surface area contributed by atoms with Gasteiger partial charge in [0.15, 0.2) is 5.76 Å². The van der Waals surface area contributed by atoms with Crippen molar-refractivity contribution in [3.63, 3.8) is 0 Å². The molecule has 2 heterocycles. The molecule has 114 valence electrons. The summed E-state index contributed by atoms with van der Waals surface area (Å²) in [5.74, 6) is 1.78. The third-order valence-electron chi connectivity index (χ3n) is 4.08. The zero-order chi connectivity index (χ0) is 15.4. The topological polar surface area (TPSA) is 101 Å². The summed E-state index contributed by atoms with van der Waals surface area (Å²) in [6.07, 6.45) is 7.87. The molecular formula is C16H19N5O. The first-order valence-corrected chi connectivity index (χ1v) is 7.63. The summed E-state index contributed by atoms with van der Waals surface area (Å²) in [7, 11) is 0. The Labute approximate surface area is 129 Å². The number of nitrogens with zero attached hydrogens (tertiary/aromatic N) is 3. The highest BCUT2D eigenvalue weighted by Crippen LogP contribution is 2.28. The van der Waals surface area contributed by atoms with Crippen LogP contribution in [-0.2, 0) is 0 Å². The van der Waals surface area contributed by atoms with Crippen molar-refractivity contribution in [1.29, 1.82) is 5.26 Å². The molecule has 3 rings (SSSR count). The van der Waals surface area contributed by atoms with Gasteiger partial charge in [0.25, 0.3) is 0 Å². The van der Waals surface area contributed by atoms with Crippen molar-refractivity contribution in [3.05, 3.63) is 24.0 Å². The third kappa shape index (κ3) is 3.03. The minimum Gasteiger partial charge on any atom is -0.463 e. The lowest BCUT2D eigenvalue weighted by molar-refractivity contribution is 0.373. The molecule has 3 N–H and O–H groups in total. The van der Waals surface area contributed by atoms with Gasteiger partial charge < -0.3 is 15.5 Å². The van der Waals surface area contributed by atoms with E-state index in [2.05, 4.69) is 21.4 Å². The second kappa shape index (κ2) is 6.48. The van der Waals surface area contributed by atoms with Gasteiger partial charge in [-0.05, 0) is 30.9 Å². The van der Waals surface area contributed by atoms with Crippen molar-refractivity contribution in [2.75, 3.05) is 17.6 Å². The number of nitrogen functional groups attached to an aromatic ring is 1. The van der Waals surface area contributed by atoms with Gasteiger partial charge in [-0.3, -0.25) is 0 Å². The van der Waals surface area contributed by atoms with Crippen molar-refractivity contribution >= 4 is 11.8 Å². The summed E-state index contributed by atoms with van der Waals surface area (Å²) < 4.78 is 5.34. The Hall–Kier alpha value is -2.55. The molecule has 0 aliphatic heterocycles. The minimum atomic E-state index is 0.136. The van der Waals surface area contributed by atoms with E-state index in [1.54, 1.807) is 18.4 Å². The fourth-order valence-corrected chi connectivity index (χ4v) is 2.94. The molecule has 1 saturated carbocycles. The van der Waals surface area contributed by atoms with Crippen LogP contribution >= 0.6 is 0 Å². The smallest absolute Gasteiger partial charge is 0.222 e. The molecule has 6 heteroatoms. The largest absolute Gasteiger partial charge is 0.463 e. The zero-order valence-corrected chi connectivity index (χ0v) is 12.4. The molecule has 0 unspecified atom stereocenters. The molecule has 0 radical (unpaired) electrons. The van der Waals surface area contributed by atoms with Gasteiger partial charge in [0.1, 0.15) is 23.1 Å². The van der Waals surface area contributed by atoms with Gasteiger partial charge in [-0.2, -0.15) is 10.2 Å². The van der Waals surface area contributed by atoms with Crippen LogP contribution in [0.25, 0.3) is 11.5 Å². The number of aromatic nitrogens is 2. The zero-order valence-electron chi connectivity index (χ0n) is 12.4. The van der Waals surface area contributed by atoms with E-state index < -0.39 is 0 Å². The molecule has 0 spiro atoms. The first-order chi connectivity index (χ1) is 10.8. The van der Waals surface area contributed by atoms with Crippen LogP contribution in [0, 0.1) is 17.2 Å². The number of nitrogens with one attached hydrogen (secondary N) is 1. The van der Waals surface area contributed by atoms with Crippen molar-refractivity contribution in [2.24, 2.45) is 5.92 Å². The molecule has 0 aromatic carbocycles. The van der Waals surface area contributed by atoms with Crippen LogP contribution in [0.15, 0.2) is 22.8 Å². The van der Waals surface area contributed by atoms with Crippen LogP contribution in [0.1, 0.15) is 37.7 Å². The van der Waals surface area contributed by atoms with E-state index in [9.17, 15) is 5.26 Å². The van der Waals surface area contributed by atoms with Gasteiger partial charge in [-0.25, -0.2) is 4.98 Å². The van der Waals surface area contributed by atoms with Gasteiger partial charge in [0.2, 0.25) is 5.95 Å². The molecular weight excluding hydrogens is 278 g/mol. The predicted molar refractivity (Wildman–Crippen MR) is 83.9 cm³/mol. The van der Waals surface area contributed by atoms with E-state index in [1.165, 1.54) is 32.1 Å². The Balaban J connectivity index is 1.85. The lowest BCUT2D eigenvalue weighted by Crippen LogP contribution is -2.19. The Morgan fingerprint density at radius 3 is 2.82 bits per heavy atom. The first-order valence-electron chi connectivity index (χ1n) is 7.63. The van der Waals surface area contributed by atoms with Crippen LogP contribution in [0.3, 0.4) is 0 Å². The number of hydrogen-bond donors (Lipinski definition) is 2. The molecule has 0 atom stereocenters. The molecule has 1 aliphatic rings. The van der Waals surface area contributed by atoms with Crippen molar-refractivity contribution < 1.29 is 4.42 Å². The van der Waals surface area contributed by atoms with E-state index in [0.717, 1.165) is 6.54 Å². The van der Waals surface area contributed by atoms with Crippen LogP contribution in [0.5, 0.6) is 0 Å². The van der Waals surface area contributed by atoms with Gasteiger partial charge in [0, 0.05) is 6.54 Å². The first kappa shape index (κ1) is 14.4. The average Bonchev–Trinajstić information content (AvgIpc) is 3.07. The Kier molecular flexibility index (Phi) is 4.24. The summed E-state index contributed by atoms with van der Waals surface area (Å²) in [5, 5.41) is 12.8. The summed E-state index contributed by atoms with van der Waals surface area (Å²) in [6, 6.07) is 5.68. The van der Waals surface area contributed by atoms with Gasteiger partial charge >= 0.3 is 0 Å². The molecule has 1 aliphatic carbocycles. The van der Waals surface area contributed by atoms with E-state index >= 15 is 0 Å². The molecule has 1 fully saturated rings. The summed E-state index contributed by atoms with van der Waals surface area (Å²) in [4.78, 5) is 8.34. The molecule has 0 saturated heterocycles. The average molecular weight is 297 g/mol. The maximum absolute atomic E-state index is 9.47. The standard InChI is InChI=1S/C16H19N5O/c17-9-12-14(13-7-4-8-22-13)20-16(18)21-15(12)19-10-11-5-2-1-3-6-11/h4,7-8,11H,1-3,5-6,10H2,(H3,18,19,20,21). The second-order valence-electron chi connectivity index (χ2n) is 5.63. The lowest BCUT2D eigenvalue weighted by Gasteiger charge is -2.22. The molecule has 2 aromatic rings. The number of nitrogens with two attached hydrogens (primary N) is 1. The number of nitriles is 1. The highest BCUT2D eigenvalue weighted by Gasteiger charge is 2.19.